The molecule has 0 fully saturated rings. The number of rotatable bonds is 5. The molecule has 0 saturated heterocycles. The minimum atomic E-state index is -0.237. The van der Waals surface area contributed by atoms with Gasteiger partial charge in [0.1, 0.15) is 5.82 Å². The highest BCUT2D eigenvalue weighted by molar-refractivity contribution is 9.10. The largest absolute Gasteiger partial charge is 0.349 e. The van der Waals surface area contributed by atoms with Gasteiger partial charge in [0, 0.05) is 22.0 Å². The molecule has 21 heavy (non-hydrogen) atoms. The minimum Gasteiger partial charge on any atom is -0.349 e. The fraction of sp³-hybridized carbons (Fsp3) is 0.357. The van der Waals surface area contributed by atoms with E-state index in [0.717, 1.165) is 10.0 Å². The predicted octanol–water partition coefficient (Wildman–Crippen LogP) is 1.83. The van der Waals surface area contributed by atoms with Gasteiger partial charge in [-0.1, -0.05) is 35.0 Å². The number of nitrogens with two attached hydrogens (primary N) is 1. The molecule has 7 heteroatoms. The highest BCUT2D eigenvalue weighted by atomic mass is 79.9. The summed E-state index contributed by atoms with van der Waals surface area (Å²) in [5, 5.41) is 9.76. The van der Waals surface area contributed by atoms with Crippen LogP contribution in [-0.4, -0.2) is 27.1 Å². The van der Waals surface area contributed by atoms with Crippen LogP contribution in [0.5, 0.6) is 0 Å². The van der Waals surface area contributed by atoms with E-state index in [4.69, 9.17) is 5.73 Å². The number of carbonyl (C=O) groups is 1. The molecule has 0 aliphatic carbocycles. The maximum Gasteiger partial charge on any atom is 0.224 e. The van der Waals surface area contributed by atoms with Gasteiger partial charge in [0.25, 0.3) is 0 Å². The molecule has 0 radical (unpaired) electrons. The van der Waals surface area contributed by atoms with Crippen LogP contribution in [0.3, 0.4) is 0 Å². The van der Waals surface area contributed by atoms with E-state index in [0.29, 0.717) is 18.2 Å². The summed E-state index contributed by atoms with van der Waals surface area (Å²) in [6, 6.07) is 7.52. The van der Waals surface area contributed by atoms with Crippen LogP contribution in [0.1, 0.15) is 19.7 Å². The normalized spacial score (nSPS) is 13.7. The molecule has 0 saturated carbocycles. The van der Waals surface area contributed by atoms with Crippen molar-refractivity contribution in [2.24, 2.45) is 11.7 Å². The van der Waals surface area contributed by atoms with Crippen LogP contribution in [-0.2, 0) is 11.3 Å². The third-order valence-electron chi connectivity index (χ3n) is 3.27. The monoisotopic (exact) mass is 351 g/mol. The van der Waals surface area contributed by atoms with Crippen molar-refractivity contribution >= 4 is 21.8 Å². The Morgan fingerprint density at radius 2 is 2.05 bits per heavy atom. The molecule has 0 spiro atoms. The fourth-order valence-electron chi connectivity index (χ4n) is 1.67. The zero-order chi connectivity index (χ0) is 15.4. The van der Waals surface area contributed by atoms with E-state index in [-0.39, 0.29) is 17.9 Å². The van der Waals surface area contributed by atoms with Gasteiger partial charge in [0.15, 0.2) is 5.82 Å². The van der Waals surface area contributed by atoms with Crippen LogP contribution in [0.25, 0.3) is 11.4 Å². The lowest BCUT2D eigenvalue weighted by Gasteiger charge is -2.14. The Kier molecular flexibility index (Phi) is 5.08. The van der Waals surface area contributed by atoms with E-state index in [1.807, 2.05) is 31.2 Å². The second-order valence-corrected chi connectivity index (χ2v) is 5.89. The van der Waals surface area contributed by atoms with Crippen LogP contribution >= 0.6 is 15.9 Å². The molecule has 2 rings (SSSR count). The number of H-pyrrole nitrogens is 1. The maximum atomic E-state index is 11.8. The average molecular weight is 352 g/mol. The summed E-state index contributed by atoms with van der Waals surface area (Å²) < 4.78 is 0.999. The van der Waals surface area contributed by atoms with Crippen molar-refractivity contribution in [3.63, 3.8) is 0 Å². The lowest BCUT2D eigenvalue weighted by Crippen LogP contribution is -2.38. The van der Waals surface area contributed by atoms with E-state index in [2.05, 4.69) is 36.4 Å². The van der Waals surface area contributed by atoms with E-state index in [1.54, 1.807) is 6.92 Å². The number of nitrogens with zero attached hydrogens (tertiary/aromatic N) is 2. The standard InChI is InChI=1S/C14H18BrN5O/c1-8(9(2)16)14(21)17-7-12-18-13(20-19-12)10-3-5-11(15)6-4-10/h3-6,8-9H,7,16H2,1-2H3,(H,17,21)(H,18,19,20). The summed E-state index contributed by atoms with van der Waals surface area (Å²) in [5.41, 5.74) is 6.61. The summed E-state index contributed by atoms with van der Waals surface area (Å²) in [7, 11) is 0. The number of aromatic nitrogens is 3. The van der Waals surface area contributed by atoms with Crippen molar-refractivity contribution in [1.82, 2.24) is 20.5 Å². The van der Waals surface area contributed by atoms with E-state index < -0.39 is 0 Å². The number of aromatic amines is 1. The molecule has 1 aromatic heterocycles. The molecule has 112 valence electrons. The van der Waals surface area contributed by atoms with E-state index in [1.165, 1.54) is 0 Å². The molecule has 2 atom stereocenters. The van der Waals surface area contributed by atoms with Gasteiger partial charge >= 0.3 is 0 Å². The van der Waals surface area contributed by atoms with Gasteiger partial charge in [0.2, 0.25) is 5.91 Å². The van der Waals surface area contributed by atoms with E-state index in [9.17, 15) is 4.79 Å². The number of hydrogen-bond acceptors (Lipinski definition) is 4. The zero-order valence-corrected chi connectivity index (χ0v) is 13.5. The van der Waals surface area contributed by atoms with Crippen LogP contribution in [0, 0.1) is 5.92 Å². The van der Waals surface area contributed by atoms with Gasteiger partial charge in [-0.05, 0) is 19.1 Å². The number of hydrogen-bond donors (Lipinski definition) is 3. The van der Waals surface area contributed by atoms with Crippen LogP contribution in [0.2, 0.25) is 0 Å². The third kappa shape index (κ3) is 4.12. The molecule has 1 heterocycles. The van der Waals surface area contributed by atoms with Crippen LogP contribution < -0.4 is 11.1 Å². The summed E-state index contributed by atoms with van der Waals surface area (Å²) in [6.45, 7) is 3.91. The highest BCUT2D eigenvalue weighted by Crippen LogP contribution is 2.18. The Bertz CT molecular complexity index is 608. The van der Waals surface area contributed by atoms with E-state index >= 15 is 0 Å². The average Bonchev–Trinajstić information content (AvgIpc) is 2.93. The summed E-state index contributed by atoms with van der Waals surface area (Å²) in [5.74, 6) is 0.885. The maximum absolute atomic E-state index is 11.8. The lowest BCUT2D eigenvalue weighted by molar-refractivity contribution is -0.125. The molecule has 2 unspecified atom stereocenters. The Labute approximate surface area is 131 Å². The van der Waals surface area contributed by atoms with Gasteiger partial charge in [0.05, 0.1) is 6.54 Å². The zero-order valence-electron chi connectivity index (χ0n) is 11.9. The molecule has 0 bridgehead atoms. The number of carbonyl (C=O) groups excluding carboxylic acids is 1. The first-order valence-electron chi connectivity index (χ1n) is 6.68. The Hall–Kier alpha value is -1.73. The quantitative estimate of drug-likeness (QED) is 0.765. The van der Waals surface area contributed by atoms with Crippen molar-refractivity contribution in [3.8, 4) is 11.4 Å². The van der Waals surface area contributed by atoms with Gasteiger partial charge in [-0.25, -0.2) is 4.98 Å². The van der Waals surface area contributed by atoms with Gasteiger partial charge < -0.3 is 11.1 Å². The Morgan fingerprint density at radius 1 is 1.38 bits per heavy atom. The van der Waals surface area contributed by atoms with Crippen molar-refractivity contribution in [2.75, 3.05) is 0 Å². The Balaban J connectivity index is 1.97. The first-order chi connectivity index (χ1) is 9.97. The second kappa shape index (κ2) is 6.82. The van der Waals surface area contributed by atoms with Crippen LogP contribution in [0.4, 0.5) is 0 Å². The molecule has 2 aromatic rings. The number of nitrogens with one attached hydrogen (secondary N) is 2. The lowest BCUT2D eigenvalue weighted by atomic mass is 10.0. The van der Waals surface area contributed by atoms with Gasteiger partial charge in [-0.2, -0.15) is 5.10 Å². The fourth-order valence-corrected chi connectivity index (χ4v) is 1.94. The topological polar surface area (TPSA) is 96.7 Å². The summed E-state index contributed by atoms with van der Waals surface area (Å²) in [6.07, 6.45) is 0. The summed E-state index contributed by atoms with van der Waals surface area (Å²) in [4.78, 5) is 16.2. The molecule has 6 nitrogen and oxygen atoms in total. The van der Waals surface area contributed by atoms with Crippen molar-refractivity contribution in [3.05, 3.63) is 34.6 Å². The number of amides is 1. The summed E-state index contributed by atoms with van der Waals surface area (Å²) >= 11 is 3.38. The Morgan fingerprint density at radius 3 is 2.67 bits per heavy atom. The predicted molar refractivity (Wildman–Crippen MR) is 84.2 cm³/mol. The molecule has 4 N–H and O–H groups in total. The molecule has 1 aromatic carbocycles. The molecule has 0 aliphatic rings. The minimum absolute atomic E-state index is 0.0911. The van der Waals surface area contributed by atoms with Gasteiger partial charge in [-0.15, -0.1) is 0 Å². The third-order valence-corrected chi connectivity index (χ3v) is 3.80. The van der Waals surface area contributed by atoms with Crippen molar-refractivity contribution in [1.29, 1.82) is 0 Å². The first kappa shape index (κ1) is 15.7. The molecular formula is C14H18BrN5O. The smallest absolute Gasteiger partial charge is 0.224 e. The highest BCUT2D eigenvalue weighted by Gasteiger charge is 2.17. The number of benzene rings is 1. The second-order valence-electron chi connectivity index (χ2n) is 4.98. The van der Waals surface area contributed by atoms with Crippen molar-refractivity contribution < 1.29 is 4.79 Å². The molecular weight excluding hydrogens is 334 g/mol. The molecule has 0 aliphatic heterocycles. The number of halogens is 1. The van der Waals surface area contributed by atoms with Gasteiger partial charge in [-0.3, -0.25) is 9.89 Å². The van der Waals surface area contributed by atoms with Crippen LogP contribution in [0.15, 0.2) is 28.7 Å². The SMILES string of the molecule is CC(N)C(C)C(=O)NCc1nc(-c2ccc(Br)cc2)n[nH]1. The van der Waals surface area contributed by atoms with Crippen molar-refractivity contribution in [2.45, 2.75) is 26.4 Å². The molecule has 1 amide bonds. The first-order valence-corrected chi connectivity index (χ1v) is 7.47.